The van der Waals surface area contributed by atoms with Gasteiger partial charge in [0.2, 0.25) is 0 Å². The van der Waals surface area contributed by atoms with Crippen molar-refractivity contribution in [2.75, 3.05) is 7.11 Å². The van der Waals surface area contributed by atoms with E-state index in [2.05, 4.69) is 0 Å². The number of aliphatic hydroxyl groups excluding tert-OH is 1. The van der Waals surface area contributed by atoms with Crippen LogP contribution in [0.2, 0.25) is 0 Å². The molecule has 1 unspecified atom stereocenters. The summed E-state index contributed by atoms with van der Waals surface area (Å²) in [4.78, 5) is 26.9. The van der Waals surface area contributed by atoms with Crippen LogP contribution in [0.3, 0.4) is 0 Å². The molecule has 136 valence electrons. The summed E-state index contributed by atoms with van der Waals surface area (Å²) in [6.07, 6.45) is 1.52. The van der Waals surface area contributed by atoms with Gasteiger partial charge in [0.05, 0.1) is 31.5 Å². The number of hydrogen-bond donors (Lipinski definition) is 1. The van der Waals surface area contributed by atoms with Crippen LogP contribution in [0.5, 0.6) is 5.75 Å². The predicted molar refractivity (Wildman–Crippen MR) is 94.5 cm³/mol. The van der Waals surface area contributed by atoms with E-state index in [1.807, 2.05) is 6.07 Å². The zero-order chi connectivity index (χ0) is 18.8. The third kappa shape index (κ3) is 3.10. The van der Waals surface area contributed by atoms with E-state index < -0.39 is 17.7 Å². The minimum atomic E-state index is -0.697. The topological polar surface area (TPSA) is 80.0 Å². The third-order valence-corrected chi connectivity index (χ3v) is 4.41. The number of furan rings is 1. The molecule has 1 N–H and O–H groups in total. The molecule has 1 aromatic carbocycles. The van der Waals surface area contributed by atoms with Crippen LogP contribution < -0.4 is 4.74 Å². The van der Waals surface area contributed by atoms with Crippen molar-refractivity contribution in [2.24, 2.45) is 5.92 Å². The first-order chi connectivity index (χ1) is 12.4. The molecule has 3 rings (SSSR count). The highest BCUT2D eigenvalue weighted by molar-refractivity contribution is 6.09. The number of nitrogens with zero attached hydrogens (tertiary/aromatic N) is 1. The molecule has 1 amide bonds. The molecule has 0 bridgehead atoms. The molecule has 0 saturated carbocycles. The fourth-order valence-electron chi connectivity index (χ4n) is 3.11. The van der Waals surface area contributed by atoms with Gasteiger partial charge in [-0.2, -0.15) is 0 Å². The molecule has 0 spiro atoms. The van der Waals surface area contributed by atoms with E-state index >= 15 is 0 Å². The second kappa shape index (κ2) is 7.07. The molecule has 6 nitrogen and oxygen atoms in total. The number of carbonyl (C=O) groups excluding carboxylic acids is 2. The summed E-state index contributed by atoms with van der Waals surface area (Å²) in [7, 11) is 1.55. The molecule has 2 aromatic rings. The number of ether oxygens (including phenoxy) is 1. The van der Waals surface area contributed by atoms with Crippen LogP contribution in [0.4, 0.5) is 0 Å². The fourth-order valence-corrected chi connectivity index (χ4v) is 3.11. The minimum Gasteiger partial charge on any atom is -0.503 e. The van der Waals surface area contributed by atoms with Crippen LogP contribution in [0.15, 0.2) is 58.4 Å². The molecule has 0 fully saturated rings. The predicted octanol–water partition coefficient (Wildman–Crippen LogP) is 3.41. The molecule has 26 heavy (non-hydrogen) atoms. The first kappa shape index (κ1) is 17.8. The van der Waals surface area contributed by atoms with E-state index in [0.717, 1.165) is 0 Å². The van der Waals surface area contributed by atoms with Gasteiger partial charge in [0.25, 0.3) is 5.91 Å². The maximum absolute atomic E-state index is 12.7. The van der Waals surface area contributed by atoms with Crippen molar-refractivity contribution in [1.29, 1.82) is 0 Å². The minimum absolute atomic E-state index is 0.116. The maximum atomic E-state index is 12.7. The van der Waals surface area contributed by atoms with Gasteiger partial charge >= 0.3 is 0 Å². The van der Waals surface area contributed by atoms with Crippen molar-refractivity contribution >= 4 is 11.7 Å². The van der Waals surface area contributed by atoms with Gasteiger partial charge in [-0.15, -0.1) is 0 Å². The summed E-state index contributed by atoms with van der Waals surface area (Å²) >= 11 is 0. The van der Waals surface area contributed by atoms with Gasteiger partial charge < -0.3 is 19.2 Å². The molecule has 0 aliphatic carbocycles. The first-order valence-electron chi connectivity index (χ1n) is 8.38. The van der Waals surface area contributed by atoms with Gasteiger partial charge in [-0.25, -0.2) is 0 Å². The Morgan fingerprint density at radius 3 is 2.69 bits per heavy atom. The van der Waals surface area contributed by atoms with Crippen molar-refractivity contribution in [3.8, 4) is 5.75 Å². The van der Waals surface area contributed by atoms with E-state index in [9.17, 15) is 14.7 Å². The lowest BCUT2D eigenvalue weighted by atomic mass is 9.91. The van der Waals surface area contributed by atoms with Crippen LogP contribution in [0.1, 0.15) is 31.2 Å². The molecule has 1 aromatic heterocycles. The lowest BCUT2D eigenvalue weighted by Crippen LogP contribution is -2.31. The normalized spacial score (nSPS) is 17.3. The van der Waals surface area contributed by atoms with E-state index in [4.69, 9.17) is 9.15 Å². The number of hydrogen-bond acceptors (Lipinski definition) is 5. The van der Waals surface area contributed by atoms with E-state index in [1.165, 1.54) is 11.2 Å². The summed E-state index contributed by atoms with van der Waals surface area (Å²) in [5.74, 6) is -0.517. The third-order valence-electron chi connectivity index (χ3n) is 4.41. The van der Waals surface area contributed by atoms with Crippen molar-refractivity contribution < 1.29 is 23.8 Å². The highest BCUT2D eigenvalue weighted by atomic mass is 16.5. The number of Topliss-reactive ketones (excluding diaryl/α,β-unsaturated/α-hetero) is 1. The number of methoxy groups -OCH3 is 1. The number of ketones is 1. The van der Waals surface area contributed by atoms with Gasteiger partial charge in [-0.1, -0.05) is 26.0 Å². The standard InChI is InChI=1S/C20H21NO5/c1-12(2)18(22)16-17(13-6-4-7-14(10-13)25-3)21(20(24)19(16)23)11-15-8-5-9-26-15/h4-10,12,17,23H,11H2,1-3H3. The zero-order valence-electron chi connectivity index (χ0n) is 14.9. The second-order valence-corrected chi connectivity index (χ2v) is 6.47. The average Bonchev–Trinajstić information content (AvgIpc) is 3.23. The Kier molecular flexibility index (Phi) is 4.84. The molecule has 2 heterocycles. The second-order valence-electron chi connectivity index (χ2n) is 6.47. The molecule has 0 saturated heterocycles. The van der Waals surface area contributed by atoms with Crippen LogP contribution in [-0.4, -0.2) is 28.8 Å². The Balaban J connectivity index is 2.09. The fraction of sp³-hybridized carbons (Fsp3) is 0.300. The Bertz CT molecular complexity index is 851. The Hall–Kier alpha value is -3.02. The molecule has 1 aliphatic rings. The zero-order valence-corrected chi connectivity index (χ0v) is 14.9. The Morgan fingerprint density at radius 1 is 1.31 bits per heavy atom. The van der Waals surface area contributed by atoms with Crippen molar-refractivity contribution in [1.82, 2.24) is 4.90 Å². The van der Waals surface area contributed by atoms with E-state index in [0.29, 0.717) is 17.1 Å². The van der Waals surface area contributed by atoms with Gasteiger partial charge in [-0.3, -0.25) is 9.59 Å². The molecule has 1 atom stereocenters. The largest absolute Gasteiger partial charge is 0.503 e. The molecular formula is C20H21NO5. The highest BCUT2D eigenvalue weighted by Gasteiger charge is 2.44. The first-order valence-corrected chi connectivity index (χ1v) is 8.38. The van der Waals surface area contributed by atoms with Crippen molar-refractivity contribution in [3.63, 3.8) is 0 Å². The van der Waals surface area contributed by atoms with Crippen LogP contribution in [-0.2, 0) is 16.1 Å². The van der Waals surface area contributed by atoms with E-state index in [1.54, 1.807) is 51.3 Å². The van der Waals surface area contributed by atoms with Gasteiger partial charge in [0.15, 0.2) is 11.5 Å². The van der Waals surface area contributed by atoms with Crippen molar-refractivity contribution in [3.05, 3.63) is 65.3 Å². The smallest absolute Gasteiger partial charge is 0.290 e. The summed E-state index contributed by atoms with van der Waals surface area (Å²) in [5, 5.41) is 10.4. The summed E-state index contributed by atoms with van der Waals surface area (Å²) in [5.41, 5.74) is 0.808. The van der Waals surface area contributed by atoms with Gasteiger partial charge in [0, 0.05) is 5.92 Å². The number of benzene rings is 1. The van der Waals surface area contributed by atoms with Crippen LogP contribution >= 0.6 is 0 Å². The number of carbonyl (C=O) groups is 2. The molecule has 1 aliphatic heterocycles. The highest BCUT2D eigenvalue weighted by Crippen LogP contribution is 2.40. The quantitative estimate of drug-likeness (QED) is 0.859. The van der Waals surface area contributed by atoms with Crippen LogP contribution in [0.25, 0.3) is 0 Å². The summed E-state index contributed by atoms with van der Waals surface area (Å²) in [6.45, 7) is 3.63. The molecular weight excluding hydrogens is 334 g/mol. The Labute approximate surface area is 151 Å². The number of aliphatic hydroxyl groups is 1. The van der Waals surface area contributed by atoms with Crippen molar-refractivity contribution in [2.45, 2.75) is 26.4 Å². The lowest BCUT2D eigenvalue weighted by Gasteiger charge is -2.26. The van der Waals surface area contributed by atoms with Crippen LogP contribution in [0, 0.1) is 5.92 Å². The summed E-state index contributed by atoms with van der Waals surface area (Å²) < 4.78 is 10.6. The monoisotopic (exact) mass is 355 g/mol. The SMILES string of the molecule is COc1cccc(C2C(C(=O)C(C)C)=C(O)C(=O)N2Cc2ccco2)c1. The molecule has 0 radical (unpaired) electrons. The van der Waals surface area contributed by atoms with Gasteiger partial charge in [0.1, 0.15) is 11.5 Å². The van der Waals surface area contributed by atoms with Gasteiger partial charge in [-0.05, 0) is 29.8 Å². The number of amides is 1. The molecule has 6 heteroatoms. The average molecular weight is 355 g/mol. The van der Waals surface area contributed by atoms with E-state index in [-0.39, 0.29) is 23.8 Å². The summed E-state index contributed by atoms with van der Waals surface area (Å²) in [6, 6.07) is 9.92. The maximum Gasteiger partial charge on any atom is 0.290 e. The number of rotatable bonds is 6. The Morgan fingerprint density at radius 2 is 2.08 bits per heavy atom. The lowest BCUT2D eigenvalue weighted by molar-refractivity contribution is -0.130.